The fourth-order valence-electron chi connectivity index (χ4n) is 4.08. The molecule has 1 aliphatic rings. The van der Waals surface area contributed by atoms with E-state index in [1.807, 2.05) is 0 Å². The number of amides is 2. The van der Waals surface area contributed by atoms with Crippen LogP contribution in [0.25, 0.3) is 11.1 Å². The summed E-state index contributed by atoms with van der Waals surface area (Å²) in [5.74, 6) is -1.97. The van der Waals surface area contributed by atoms with Crippen LogP contribution in [0.2, 0.25) is 5.02 Å². The smallest absolute Gasteiger partial charge is 0.251 e. The largest absolute Gasteiger partial charge is 0.340 e. The molecule has 1 heterocycles. The van der Waals surface area contributed by atoms with Crippen LogP contribution in [0.5, 0.6) is 0 Å². The van der Waals surface area contributed by atoms with Gasteiger partial charge in [-0.1, -0.05) is 54.1 Å². The van der Waals surface area contributed by atoms with Crippen molar-refractivity contribution in [1.29, 1.82) is 0 Å². The lowest BCUT2D eigenvalue weighted by Crippen LogP contribution is -2.52. The van der Waals surface area contributed by atoms with E-state index in [2.05, 4.69) is 5.32 Å². The quantitative estimate of drug-likeness (QED) is 0.560. The van der Waals surface area contributed by atoms with Crippen LogP contribution in [-0.4, -0.2) is 39.1 Å². The van der Waals surface area contributed by atoms with Crippen molar-refractivity contribution in [3.63, 3.8) is 0 Å². The van der Waals surface area contributed by atoms with Crippen LogP contribution in [0.15, 0.2) is 71.6 Å². The molecule has 1 atom stereocenters. The van der Waals surface area contributed by atoms with Crippen LogP contribution in [0.3, 0.4) is 0 Å². The van der Waals surface area contributed by atoms with Crippen molar-refractivity contribution in [3.8, 4) is 11.1 Å². The minimum Gasteiger partial charge on any atom is -0.340 e. The second-order valence-corrected chi connectivity index (χ2v) is 10.5. The molecule has 3 aromatic rings. The van der Waals surface area contributed by atoms with Crippen LogP contribution in [-0.2, 0) is 14.6 Å². The van der Waals surface area contributed by atoms with Crippen molar-refractivity contribution in [2.45, 2.75) is 23.8 Å². The molecule has 6 nitrogen and oxygen atoms in total. The summed E-state index contributed by atoms with van der Waals surface area (Å²) in [4.78, 5) is 26.5. The van der Waals surface area contributed by atoms with E-state index < -0.39 is 38.4 Å². The second-order valence-electron chi connectivity index (χ2n) is 8.08. The minimum absolute atomic E-state index is 0.133. The highest BCUT2D eigenvalue weighted by atomic mass is 35.5. The monoisotopic (exact) mass is 500 g/mol. The standard InChI is InChI=1S/C25H22ClFN2O4S/c1-34(32,33)23-19(16-7-3-2-4-8-16)12-13-21(22(23)27)29-14-6-11-20(25(29)31)28-24(30)17-9-5-10-18(26)15-17/h2-5,7-10,12-13,15,20H,6,11,14H2,1H3,(H,28,30). The molecule has 4 rings (SSSR count). The maximum absolute atomic E-state index is 15.7. The Morgan fingerprint density at radius 2 is 1.82 bits per heavy atom. The highest BCUT2D eigenvalue weighted by Gasteiger charge is 2.34. The molecule has 176 valence electrons. The Labute approximate surface area is 202 Å². The lowest BCUT2D eigenvalue weighted by Gasteiger charge is -2.33. The number of hydrogen-bond acceptors (Lipinski definition) is 4. The molecule has 34 heavy (non-hydrogen) atoms. The fourth-order valence-corrected chi connectivity index (χ4v) is 5.29. The predicted molar refractivity (Wildman–Crippen MR) is 129 cm³/mol. The number of nitrogens with zero attached hydrogens (tertiary/aromatic N) is 1. The zero-order valence-electron chi connectivity index (χ0n) is 18.3. The predicted octanol–water partition coefficient (Wildman–Crippen LogP) is 4.48. The molecule has 0 spiro atoms. The lowest BCUT2D eigenvalue weighted by atomic mass is 10.0. The molecular formula is C25H22ClFN2O4S. The maximum Gasteiger partial charge on any atom is 0.251 e. The first-order valence-corrected chi connectivity index (χ1v) is 12.9. The van der Waals surface area contributed by atoms with Crippen LogP contribution >= 0.6 is 11.6 Å². The molecule has 0 aromatic heterocycles. The van der Waals surface area contributed by atoms with Gasteiger partial charge in [-0.15, -0.1) is 0 Å². The van der Waals surface area contributed by atoms with Gasteiger partial charge in [0.25, 0.3) is 5.91 Å². The summed E-state index contributed by atoms with van der Waals surface area (Å²) in [6.45, 7) is 0.202. The summed E-state index contributed by atoms with van der Waals surface area (Å²) in [7, 11) is -3.96. The second kappa shape index (κ2) is 9.56. The van der Waals surface area contributed by atoms with Gasteiger partial charge in [0.1, 0.15) is 10.9 Å². The van der Waals surface area contributed by atoms with E-state index in [0.29, 0.717) is 29.0 Å². The number of sulfone groups is 1. The maximum atomic E-state index is 15.7. The van der Waals surface area contributed by atoms with Crippen LogP contribution in [0.4, 0.5) is 10.1 Å². The molecule has 0 saturated carbocycles. The van der Waals surface area contributed by atoms with Gasteiger partial charge in [-0.3, -0.25) is 9.59 Å². The van der Waals surface area contributed by atoms with Gasteiger partial charge in [0.05, 0.1) is 5.69 Å². The van der Waals surface area contributed by atoms with Gasteiger partial charge in [0.15, 0.2) is 15.7 Å². The average molecular weight is 501 g/mol. The molecule has 9 heteroatoms. The number of carbonyl (C=O) groups is 2. The summed E-state index contributed by atoms with van der Waals surface area (Å²) < 4.78 is 40.8. The molecule has 0 bridgehead atoms. The van der Waals surface area contributed by atoms with Crippen LogP contribution in [0, 0.1) is 5.82 Å². The van der Waals surface area contributed by atoms with Gasteiger partial charge in [0.2, 0.25) is 5.91 Å². The molecule has 1 N–H and O–H groups in total. The number of piperidine rings is 1. The van der Waals surface area contributed by atoms with E-state index in [0.717, 1.165) is 6.26 Å². The number of halogens is 2. The van der Waals surface area contributed by atoms with Gasteiger partial charge in [0, 0.05) is 29.0 Å². The molecule has 1 saturated heterocycles. The summed E-state index contributed by atoms with van der Waals surface area (Å²) in [5.41, 5.74) is 0.937. The van der Waals surface area contributed by atoms with Gasteiger partial charge in [-0.2, -0.15) is 0 Å². The van der Waals surface area contributed by atoms with Crippen LogP contribution in [0.1, 0.15) is 23.2 Å². The molecule has 1 unspecified atom stereocenters. The normalized spacial score (nSPS) is 16.4. The Bertz CT molecular complexity index is 1360. The number of hydrogen-bond donors (Lipinski definition) is 1. The van der Waals surface area contributed by atoms with E-state index in [1.54, 1.807) is 48.5 Å². The highest BCUT2D eigenvalue weighted by Crippen LogP contribution is 2.36. The summed E-state index contributed by atoms with van der Waals surface area (Å²) in [5, 5.41) is 3.07. The first-order valence-electron chi connectivity index (χ1n) is 10.6. The van der Waals surface area contributed by atoms with E-state index in [-0.39, 0.29) is 17.8 Å². The molecule has 1 aliphatic heterocycles. The average Bonchev–Trinajstić information content (AvgIpc) is 2.80. The van der Waals surface area contributed by atoms with Crippen molar-refractivity contribution in [1.82, 2.24) is 5.32 Å². The third kappa shape index (κ3) is 4.83. The van der Waals surface area contributed by atoms with E-state index in [1.165, 1.54) is 23.1 Å². The van der Waals surface area contributed by atoms with Gasteiger partial charge < -0.3 is 10.2 Å². The van der Waals surface area contributed by atoms with Crippen LogP contribution < -0.4 is 10.2 Å². The Hall–Kier alpha value is -3.23. The Kier molecular flexibility index (Phi) is 6.72. The first kappa shape index (κ1) is 23.9. The van der Waals surface area contributed by atoms with Gasteiger partial charge in [-0.25, -0.2) is 12.8 Å². The third-order valence-electron chi connectivity index (χ3n) is 5.65. The highest BCUT2D eigenvalue weighted by molar-refractivity contribution is 7.90. The van der Waals surface area contributed by atoms with Crippen molar-refractivity contribution in [2.24, 2.45) is 0 Å². The summed E-state index contributed by atoms with van der Waals surface area (Å²) >= 11 is 5.94. The SMILES string of the molecule is CS(=O)(=O)c1c(-c2ccccc2)ccc(N2CCCC(NC(=O)c3cccc(Cl)c3)C2=O)c1F. The molecular weight excluding hydrogens is 479 g/mol. The Morgan fingerprint density at radius 1 is 1.09 bits per heavy atom. The number of nitrogens with one attached hydrogen (secondary N) is 1. The molecule has 0 radical (unpaired) electrons. The van der Waals surface area contributed by atoms with Gasteiger partial charge in [-0.05, 0) is 42.7 Å². The Morgan fingerprint density at radius 3 is 2.50 bits per heavy atom. The molecule has 2 amide bonds. The van der Waals surface area contributed by atoms with Crippen molar-refractivity contribution in [2.75, 3.05) is 17.7 Å². The Balaban J connectivity index is 1.67. The van der Waals surface area contributed by atoms with E-state index in [9.17, 15) is 18.0 Å². The first-order chi connectivity index (χ1) is 16.2. The topological polar surface area (TPSA) is 83.6 Å². The number of carbonyl (C=O) groups excluding carboxylic acids is 2. The van der Waals surface area contributed by atoms with Crippen molar-refractivity contribution < 1.29 is 22.4 Å². The van der Waals surface area contributed by atoms with E-state index in [4.69, 9.17) is 11.6 Å². The van der Waals surface area contributed by atoms with Crippen molar-refractivity contribution in [3.05, 3.63) is 83.1 Å². The lowest BCUT2D eigenvalue weighted by molar-refractivity contribution is -0.121. The van der Waals surface area contributed by atoms with E-state index >= 15 is 4.39 Å². The number of rotatable bonds is 5. The third-order valence-corrected chi connectivity index (χ3v) is 7.03. The van der Waals surface area contributed by atoms with Crippen molar-refractivity contribution >= 4 is 38.9 Å². The molecule has 1 fully saturated rings. The number of benzene rings is 3. The molecule has 0 aliphatic carbocycles. The fraction of sp³-hybridized carbons (Fsp3) is 0.200. The zero-order valence-corrected chi connectivity index (χ0v) is 19.9. The number of anilines is 1. The summed E-state index contributed by atoms with van der Waals surface area (Å²) in [6, 6.07) is 17.0. The summed E-state index contributed by atoms with van der Waals surface area (Å²) in [6.07, 6.45) is 1.82. The zero-order chi connectivity index (χ0) is 24.5. The van der Waals surface area contributed by atoms with Gasteiger partial charge >= 0.3 is 0 Å². The minimum atomic E-state index is -3.96. The molecule has 3 aromatic carbocycles.